The third kappa shape index (κ3) is 4.06. The minimum Gasteiger partial charge on any atom is -0.327 e. The second-order valence-electron chi connectivity index (χ2n) is 5.38. The van der Waals surface area contributed by atoms with E-state index in [-0.39, 0.29) is 0 Å². The maximum atomic E-state index is 11.3. The quantitative estimate of drug-likeness (QED) is 0.746. The molecule has 0 saturated heterocycles. The van der Waals surface area contributed by atoms with Gasteiger partial charge in [-0.25, -0.2) is 17.7 Å². The maximum Gasteiger partial charge on any atom is 0.210 e. The number of imidazole rings is 1. The fraction of sp³-hybridized carbons (Fsp3) is 0.533. The standard InChI is InChI=1S/C15H24N4O2S/c1-4-19-14-9-6-5-8-13(14)17-15(19)12-16-10-7-11-18(2)22(3,20)21/h5-6,8-9,16H,4,7,10-12H2,1-3H3. The van der Waals surface area contributed by atoms with Gasteiger partial charge in [-0.2, -0.15) is 0 Å². The Morgan fingerprint density at radius 2 is 2.05 bits per heavy atom. The molecular formula is C15H24N4O2S. The first-order valence-electron chi connectivity index (χ1n) is 7.49. The van der Waals surface area contributed by atoms with Gasteiger partial charge in [0, 0.05) is 20.1 Å². The van der Waals surface area contributed by atoms with Crippen molar-refractivity contribution in [3.8, 4) is 0 Å². The van der Waals surface area contributed by atoms with E-state index in [4.69, 9.17) is 0 Å². The highest BCUT2D eigenvalue weighted by Crippen LogP contribution is 2.15. The van der Waals surface area contributed by atoms with Gasteiger partial charge in [-0.15, -0.1) is 0 Å². The van der Waals surface area contributed by atoms with Crippen LogP contribution in [0.3, 0.4) is 0 Å². The molecule has 7 heteroatoms. The van der Waals surface area contributed by atoms with Crippen LogP contribution in [0.1, 0.15) is 19.2 Å². The second kappa shape index (κ2) is 7.21. The lowest BCUT2D eigenvalue weighted by molar-refractivity contribution is 0.456. The van der Waals surface area contributed by atoms with Gasteiger partial charge in [0.25, 0.3) is 0 Å². The molecule has 0 unspecified atom stereocenters. The van der Waals surface area contributed by atoms with Gasteiger partial charge < -0.3 is 9.88 Å². The third-order valence-corrected chi connectivity index (χ3v) is 5.04. The number of aryl methyl sites for hydroxylation is 1. The van der Waals surface area contributed by atoms with Gasteiger partial charge in [-0.1, -0.05) is 12.1 Å². The maximum absolute atomic E-state index is 11.3. The van der Waals surface area contributed by atoms with Crippen molar-refractivity contribution < 1.29 is 8.42 Å². The summed E-state index contributed by atoms with van der Waals surface area (Å²) in [4.78, 5) is 4.65. The number of rotatable bonds is 8. The van der Waals surface area contributed by atoms with Crippen LogP contribution in [0.15, 0.2) is 24.3 Å². The van der Waals surface area contributed by atoms with Crippen LogP contribution in [0.25, 0.3) is 11.0 Å². The summed E-state index contributed by atoms with van der Waals surface area (Å²) in [6.45, 7) is 4.96. The Morgan fingerprint density at radius 3 is 2.73 bits per heavy atom. The van der Waals surface area contributed by atoms with Crippen molar-refractivity contribution >= 4 is 21.1 Å². The lowest BCUT2D eigenvalue weighted by Gasteiger charge is -2.14. The van der Waals surface area contributed by atoms with Crippen LogP contribution in [-0.2, 0) is 23.1 Å². The first-order chi connectivity index (χ1) is 10.4. The van der Waals surface area contributed by atoms with Crippen molar-refractivity contribution in [1.82, 2.24) is 19.2 Å². The van der Waals surface area contributed by atoms with E-state index in [9.17, 15) is 8.42 Å². The Balaban J connectivity index is 1.87. The summed E-state index contributed by atoms with van der Waals surface area (Å²) in [6, 6.07) is 8.12. The zero-order valence-corrected chi connectivity index (χ0v) is 14.2. The lowest BCUT2D eigenvalue weighted by atomic mass is 10.3. The van der Waals surface area contributed by atoms with E-state index in [1.165, 1.54) is 10.6 Å². The average molecular weight is 324 g/mol. The Labute approximate surface area is 132 Å². The van der Waals surface area contributed by atoms with E-state index in [0.717, 1.165) is 36.4 Å². The van der Waals surface area contributed by atoms with Crippen LogP contribution in [-0.4, -0.2) is 48.7 Å². The third-order valence-electron chi connectivity index (χ3n) is 3.73. The molecule has 2 rings (SSSR count). The number of hydrogen-bond donors (Lipinski definition) is 1. The molecular weight excluding hydrogens is 300 g/mol. The molecule has 1 aromatic carbocycles. The Morgan fingerprint density at radius 1 is 1.32 bits per heavy atom. The molecule has 6 nitrogen and oxygen atoms in total. The van der Waals surface area contributed by atoms with E-state index >= 15 is 0 Å². The SMILES string of the molecule is CCn1c(CNCCCN(C)S(C)(=O)=O)nc2ccccc21. The van der Waals surface area contributed by atoms with Gasteiger partial charge in [-0.3, -0.25) is 0 Å². The molecule has 0 amide bonds. The minimum absolute atomic E-state index is 0.524. The normalized spacial score (nSPS) is 12.4. The van der Waals surface area contributed by atoms with Crippen LogP contribution >= 0.6 is 0 Å². The van der Waals surface area contributed by atoms with E-state index in [1.54, 1.807) is 7.05 Å². The summed E-state index contributed by atoms with van der Waals surface area (Å²) in [6.07, 6.45) is 2.00. The highest BCUT2D eigenvalue weighted by atomic mass is 32.2. The molecule has 0 radical (unpaired) electrons. The van der Waals surface area contributed by atoms with Gasteiger partial charge in [0.1, 0.15) is 5.82 Å². The summed E-state index contributed by atoms with van der Waals surface area (Å²) < 4.78 is 26.2. The van der Waals surface area contributed by atoms with Crippen molar-refractivity contribution in [3.63, 3.8) is 0 Å². The number of nitrogens with one attached hydrogen (secondary N) is 1. The van der Waals surface area contributed by atoms with Gasteiger partial charge in [0.05, 0.1) is 23.8 Å². The number of nitrogens with zero attached hydrogens (tertiary/aromatic N) is 3. The molecule has 0 fully saturated rings. The molecule has 0 aliphatic carbocycles. The lowest BCUT2D eigenvalue weighted by Crippen LogP contribution is -2.29. The van der Waals surface area contributed by atoms with Crippen molar-refractivity contribution in [1.29, 1.82) is 0 Å². The highest BCUT2D eigenvalue weighted by Gasteiger charge is 2.10. The molecule has 0 saturated carbocycles. The minimum atomic E-state index is -3.08. The largest absolute Gasteiger partial charge is 0.327 e. The second-order valence-corrected chi connectivity index (χ2v) is 7.47. The first-order valence-corrected chi connectivity index (χ1v) is 9.34. The van der Waals surface area contributed by atoms with Gasteiger partial charge in [-0.05, 0) is 32.0 Å². The smallest absolute Gasteiger partial charge is 0.210 e. The van der Waals surface area contributed by atoms with Crippen molar-refractivity contribution in [2.45, 2.75) is 26.4 Å². The van der Waals surface area contributed by atoms with E-state index < -0.39 is 10.0 Å². The number of fused-ring (bicyclic) bond motifs is 1. The topological polar surface area (TPSA) is 67.2 Å². The molecule has 1 heterocycles. The predicted molar refractivity (Wildman–Crippen MR) is 89.2 cm³/mol. The van der Waals surface area contributed by atoms with Crippen LogP contribution < -0.4 is 5.32 Å². The van der Waals surface area contributed by atoms with Gasteiger partial charge in [0.2, 0.25) is 10.0 Å². The zero-order chi connectivity index (χ0) is 16.2. The Hall–Kier alpha value is -1.44. The van der Waals surface area contributed by atoms with E-state index in [1.807, 2.05) is 18.2 Å². The molecule has 0 aliphatic heterocycles. The fourth-order valence-corrected chi connectivity index (χ4v) is 2.87. The number of benzene rings is 1. The van der Waals surface area contributed by atoms with E-state index in [2.05, 4.69) is 27.9 Å². The van der Waals surface area contributed by atoms with Crippen molar-refractivity contribution in [2.24, 2.45) is 0 Å². The number of aromatic nitrogens is 2. The zero-order valence-electron chi connectivity index (χ0n) is 13.4. The summed E-state index contributed by atoms with van der Waals surface area (Å²) in [5.41, 5.74) is 2.16. The van der Waals surface area contributed by atoms with Gasteiger partial charge >= 0.3 is 0 Å². The van der Waals surface area contributed by atoms with Crippen LogP contribution in [0.5, 0.6) is 0 Å². The number of sulfonamides is 1. The highest BCUT2D eigenvalue weighted by molar-refractivity contribution is 7.88. The van der Waals surface area contributed by atoms with Crippen LogP contribution in [0, 0.1) is 0 Å². The monoisotopic (exact) mass is 324 g/mol. The predicted octanol–water partition coefficient (Wildman–Crippen LogP) is 1.43. The molecule has 1 N–H and O–H groups in total. The molecule has 1 aromatic heterocycles. The Bertz CT molecular complexity index is 724. The first kappa shape index (κ1) is 16.9. The molecule has 122 valence electrons. The van der Waals surface area contributed by atoms with Gasteiger partial charge in [0.15, 0.2) is 0 Å². The molecule has 22 heavy (non-hydrogen) atoms. The molecule has 0 spiro atoms. The molecule has 0 bridgehead atoms. The molecule has 0 aliphatic rings. The van der Waals surface area contributed by atoms with Crippen molar-refractivity contribution in [2.75, 3.05) is 26.4 Å². The van der Waals surface area contributed by atoms with Crippen molar-refractivity contribution in [3.05, 3.63) is 30.1 Å². The van der Waals surface area contributed by atoms with Crippen LogP contribution in [0.4, 0.5) is 0 Å². The van der Waals surface area contributed by atoms with Crippen LogP contribution in [0.2, 0.25) is 0 Å². The summed E-state index contributed by atoms with van der Waals surface area (Å²) >= 11 is 0. The Kier molecular flexibility index (Phi) is 5.55. The number of hydrogen-bond acceptors (Lipinski definition) is 4. The fourth-order valence-electron chi connectivity index (χ4n) is 2.41. The van der Waals surface area contributed by atoms with E-state index in [0.29, 0.717) is 13.1 Å². The summed E-state index contributed by atoms with van der Waals surface area (Å²) in [7, 11) is -1.48. The average Bonchev–Trinajstić information content (AvgIpc) is 2.83. The number of para-hydroxylation sites is 2. The molecule has 0 atom stereocenters. The summed E-state index contributed by atoms with van der Waals surface area (Å²) in [5, 5.41) is 3.34. The summed E-state index contributed by atoms with van der Waals surface area (Å²) in [5.74, 6) is 1.01. The molecule has 2 aromatic rings.